The van der Waals surface area contributed by atoms with Crippen molar-refractivity contribution < 1.29 is 9.90 Å². The molecule has 0 radical (unpaired) electrons. The fourth-order valence-electron chi connectivity index (χ4n) is 2.60. The van der Waals surface area contributed by atoms with Gasteiger partial charge < -0.3 is 14.9 Å². The van der Waals surface area contributed by atoms with Crippen molar-refractivity contribution in [1.82, 2.24) is 9.80 Å². The molecule has 1 aliphatic heterocycles. The monoisotopic (exact) mass is 286 g/mol. The van der Waals surface area contributed by atoms with Crippen LogP contribution in [0.1, 0.15) is 27.9 Å². The third-order valence-electron chi connectivity index (χ3n) is 3.89. The molecule has 4 heteroatoms. The molecule has 1 atom stereocenters. The second kappa shape index (κ2) is 6.75. The number of hydrogen-bond donors (Lipinski definition) is 1. The standard InChI is InChI=1S/C17H22N2O2/c1-13-6-7-16(14(11-13)5-4-10-20)17(21)19-9-8-15(12-19)18(2)3/h6-7,11,15,20H,8-10,12H2,1-3H3. The Bertz CT molecular complexity index is 584. The highest BCUT2D eigenvalue weighted by molar-refractivity contribution is 5.97. The minimum atomic E-state index is -0.200. The average molecular weight is 286 g/mol. The zero-order valence-corrected chi connectivity index (χ0v) is 12.9. The van der Waals surface area contributed by atoms with Crippen molar-refractivity contribution in [2.75, 3.05) is 33.8 Å². The van der Waals surface area contributed by atoms with Crippen LogP contribution in [0.3, 0.4) is 0 Å². The van der Waals surface area contributed by atoms with Crippen LogP contribution in [-0.4, -0.2) is 60.6 Å². The molecule has 0 aromatic heterocycles. The predicted molar refractivity (Wildman–Crippen MR) is 83.1 cm³/mol. The number of hydrogen-bond acceptors (Lipinski definition) is 3. The molecule has 21 heavy (non-hydrogen) atoms. The Labute approximate surface area is 126 Å². The van der Waals surface area contributed by atoms with Crippen LogP contribution in [0, 0.1) is 18.8 Å². The maximum absolute atomic E-state index is 12.7. The van der Waals surface area contributed by atoms with E-state index in [1.165, 1.54) is 0 Å². The third-order valence-corrected chi connectivity index (χ3v) is 3.89. The molecule has 1 aromatic rings. The summed E-state index contributed by atoms with van der Waals surface area (Å²) in [5.41, 5.74) is 2.38. The molecule has 4 nitrogen and oxygen atoms in total. The number of aryl methyl sites for hydroxylation is 1. The largest absolute Gasteiger partial charge is 0.384 e. The third kappa shape index (κ3) is 3.63. The highest BCUT2D eigenvalue weighted by atomic mass is 16.2. The number of carbonyl (C=O) groups is 1. The molecular weight excluding hydrogens is 264 g/mol. The summed E-state index contributed by atoms with van der Waals surface area (Å²) < 4.78 is 0. The van der Waals surface area contributed by atoms with Gasteiger partial charge >= 0.3 is 0 Å². The second-order valence-corrected chi connectivity index (χ2v) is 5.67. The molecule has 2 rings (SSSR count). The molecule has 112 valence electrons. The number of amides is 1. The highest BCUT2D eigenvalue weighted by Crippen LogP contribution is 2.19. The van der Waals surface area contributed by atoms with E-state index in [1.807, 2.05) is 44.1 Å². The summed E-state index contributed by atoms with van der Waals surface area (Å²) in [5.74, 6) is 5.54. The highest BCUT2D eigenvalue weighted by Gasteiger charge is 2.28. The van der Waals surface area contributed by atoms with Crippen LogP contribution in [0.15, 0.2) is 18.2 Å². The lowest BCUT2D eigenvalue weighted by Gasteiger charge is -2.21. The maximum Gasteiger partial charge on any atom is 0.255 e. The molecule has 0 spiro atoms. The lowest BCUT2D eigenvalue weighted by Crippen LogP contribution is -2.34. The van der Waals surface area contributed by atoms with Gasteiger partial charge in [0, 0.05) is 24.7 Å². The quantitative estimate of drug-likeness (QED) is 0.829. The first-order valence-electron chi connectivity index (χ1n) is 7.19. The van der Waals surface area contributed by atoms with Crippen molar-refractivity contribution in [3.63, 3.8) is 0 Å². The Balaban J connectivity index is 2.23. The van der Waals surface area contributed by atoms with E-state index in [2.05, 4.69) is 16.7 Å². The molecule has 1 saturated heterocycles. The molecule has 1 aliphatic rings. The number of aliphatic hydroxyl groups excluding tert-OH is 1. The van der Waals surface area contributed by atoms with Crippen molar-refractivity contribution in [2.24, 2.45) is 0 Å². The fraction of sp³-hybridized carbons (Fsp3) is 0.471. The number of aliphatic hydroxyl groups is 1. The Kier molecular flexibility index (Phi) is 5.00. The molecule has 0 bridgehead atoms. The van der Waals surface area contributed by atoms with E-state index in [1.54, 1.807) is 0 Å². The van der Waals surface area contributed by atoms with Crippen molar-refractivity contribution in [1.29, 1.82) is 0 Å². The van der Waals surface area contributed by atoms with E-state index in [0.29, 0.717) is 17.2 Å². The van der Waals surface area contributed by atoms with Gasteiger partial charge in [0.15, 0.2) is 0 Å². The van der Waals surface area contributed by atoms with Gasteiger partial charge in [0.1, 0.15) is 6.61 Å². The molecule has 0 aliphatic carbocycles. The average Bonchev–Trinajstić information content (AvgIpc) is 2.94. The van der Waals surface area contributed by atoms with Crippen LogP contribution in [0.25, 0.3) is 0 Å². The van der Waals surface area contributed by atoms with Gasteiger partial charge in [-0.15, -0.1) is 0 Å². The van der Waals surface area contributed by atoms with Crippen molar-refractivity contribution >= 4 is 5.91 Å². The number of likely N-dealkylation sites (N-methyl/N-ethyl adjacent to an activating group) is 1. The van der Waals surface area contributed by atoms with E-state index in [4.69, 9.17) is 5.11 Å². The van der Waals surface area contributed by atoms with E-state index < -0.39 is 0 Å². The van der Waals surface area contributed by atoms with Gasteiger partial charge in [-0.2, -0.15) is 0 Å². The number of likely N-dealkylation sites (tertiary alicyclic amines) is 1. The van der Waals surface area contributed by atoms with Gasteiger partial charge in [-0.1, -0.05) is 17.9 Å². The van der Waals surface area contributed by atoms with Gasteiger partial charge in [0.25, 0.3) is 5.91 Å². The van der Waals surface area contributed by atoms with Crippen molar-refractivity contribution in [2.45, 2.75) is 19.4 Å². The predicted octanol–water partition coefficient (Wildman–Crippen LogP) is 1.11. The summed E-state index contributed by atoms with van der Waals surface area (Å²) in [6.07, 6.45) is 1.00. The Morgan fingerprint density at radius 1 is 1.48 bits per heavy atom. The first kappa shape index (κ1) is 15.6. The van der Waals surface area contributed by atoms with Gasteiger partial charge in [0.2, 0.25) is 0 Å². The summed E-state index contributed by atoms with van der Waals surface area (Å²) in [4.78, 5) is 16.7. The van der Waals surface area contributed by atoms with Crippen LogP contribution in [-0.2, 0) is 0 Å². The van der Waals surface area contributed by atoms with E-state index in [0.717, 1.165) is 25.1 Å². The molecule has 0 saturated carbocycles. The van der Waals surface area contributed by atoms with E-state index >= 15 is 0 Å². The lowest BCUT2D eigenvalue weighted by atomic mass is 10.0. The minimum absolute atomic E-state index is 0.0292. The first-order valence-corrected chi connectivity index (χ1v) is 7.19. The number of carbonyl (C=O) groups excluding carboxylic acids is 1. The van der Waals surface area contributed by atoms with Gasteiger partial charge in [-0.05, 0) is 45.1 Å². The maximum atomic E-state index is 12.7. The van der Waals surface area contributed by atoms with Crippen LogP contribution in [0.4, 0.5) is 0 Å². The van der Waals surface area contributed by atoms with Crippen molar-refractivity contribution in [3.05, 3.63) is 34.9 Å². The molecule has 1 unspecified atom stereocenters. The summed E-state index contributed by atoms with van der Waals surface area (Å²) >= 11 is 0. The van der Waals surface area contributed by atoms with Gasteiger partial charge in [-0.3, -0.25) is 4.79 Å². The van der Waals surface area contributed by atoms with Crippen LogP contribution >= 0.6 is 0 Å². The zero-order chi connectivity index (χ0) is 15.4. The van der Waals surface area contributed by atoms with Gasteiger partial charge in [0.05, 0.1) is 5.56 Å². The van der Waals surface area contributed by atoms with Gasteiger partial charge in [-0.25, -0.2) is 0 Å². The number of benzene rings is 1. The minimum Gasteiger partial charge on any atom is -0.384 e. The topological polar surface area (TPSA) is 43.8 Å². The summed E-state index contributed by atoms with van der Waals surface area (Å²) in [6.45, 7) is 3.30. The fourth-order valence-corrected chi connectivity index (χ4v) is 2.60. The van der Waals surface area contributed by atoms with E-state index in [-0.39, 0.29) is 12.5 Å². The second-order valence-electron chi connectivity index (χ2n) is 5.67. The summed E-state index contributed by atoms with van der Waals surface area (Å²) in [6, 6.07) is 6.08. The molecule has 1 N–H and O–H groups in total. The van der Waals surface area contributed by atoms with E-state index in [9.17, 15) is 4.79 Å². The smallest absolute Gasteiger partial charge is 0.255 e. The molecule has 1 fully saturated rings. The van der Waals surface area contributed by atoms with Crippen LogP contribution in [0.2, 0.25) is 0 Å². The normalized spacial score (nSPS) is 17.8. The van der Waals surface area contributed by atoms with Crippen LogP contribution in [0.5, 0.6) is 0 Å². The molecule has 1 heterocycles. The molecular formula is C17H22N2O2. The summed E-state index contributed by atoms with van der Waals surface area (Å²) in [7, 11) is 4.09. The Morgan fingerprint density at radius 3 is 2.86 bits per heavy atom. The molecule has 1 aromatic carbocycles. The SMILES string of the molecule is Cc1ccc(C(=O)N2CCC(N(C)C)C2)c(C#CCO)c1. The summed E-state index contributed by atoms with van der Waals surface area (Å²) in [5, 5.41) is 8.86. The zero-order valence-electron chi connectivity index (χ0n) is 12.9. The molecule has 1 amide bonds. The first-order chi connectivity index (χ1) is 10.0. The number of rotatable bonds is 2. The Hall–Kier alpha value is -1.83. The van der Waals surface area contributed by atoms with Crippen molar-refractivity contribution in [3.8, 4) is 11.8 Å². The van der Waals surface area contributed by atoms with Crippen LogP contribution < -0.4 is 0 Å². The number of nitrogens with zero attached hydrogens (tertiary/aromatic N) is 2. The Morgan fingerprint density at radius 2 is 2.24 bits per heavy atom. The lowest BCUT2D eigenvalue weighted by molar-refractivity contribution is 0.0783.